The number of thioether (sulfide) groups is 1. The van der Waals surface area contributed by atoms with Crippen LogP contribution in [0.1, 0.15) is 29.6 Å². The lowest BCUT2D eigenvalue weighted by Crippen LogP contribution is -2.35. The molecule has 172 valence electrons. The highest BCUT2D eigenvalue weighted by Crippen LogP contribution is 2.33. The topological polar surface area (TPSA) is 112 Å². The van der Waals surface area contributed by atoms with E-state index < -0.39 is 5.91 Å². The molecule has 6 rings (SSSR count). The number of hydrogen-bond acceptors (Lipinski definition) is 8. The van der Waals surface area contributed by atoms with Gasteiger partial charge in [0.05, 0.1) is 17.0 Å². The minimum atomic E-state index is -0.491. The molecular formula is C24H18N8OS2. The summed E-state index contributed by atoms with van der Waals surface area (Å²) >= 11 is 2.78. The van der Waals surface area contributed by atoms with Crippen molar-refractivity contribution >= 4 is 56.1 Å². The molecule has 0 bridgehead atoms. The maximum absolute atomic E-state index is 13.1. The van der Waals surface area contributed by atoms with Gasteiger partial charge in [0.1, 0.15) is 10.1 Å². The maximum Gasteiger partial charge on any atom is 0.283 e. The van der Waals surface area contributed by atoms with E-state index >= 15 is 0 Å². The minimum absolute atomic E-state index is 0.0376. The molecule has 9 nitrogen and oxygen atoms in total. The Morgan fingerprint density at radius 3 is 2.71 bits per heavy atom. The fraction of sp³-hybridized carbons (Fsp3) is 0.125. The van der Waals surface area contributed by atoms with Gasteiger partial charge in [0.25, 0.3) is 5.91 Å². The molecule has 1 aromatic carbocycles. The molecule has 0 unspecified atom stereocenters. The summed E-state index contributed by atoms with van der Waals surface area (Å²) in [7, 11) is 0. The number of rotatable bonds is 5. The number of aromatic nitrogens is 4. The second-order valence-corrected chi connectivity index (χ2v) is 9.82. The first-order chi connectivity index (χ1) is 17.1. The molecule has 2 aliphatic rings. The Morgan fingerprint density at radius 2 is 1.94 bits per heavy atom. The van der Waals surface area contributed by atoms with E-state index in [-0.39, 0.29) is 11.4 Å². The summed E-state index contributed by atoms with van der Waals surface area (Å²) in [6.07, 6.45) is 6.86. The quantitative estimate of drug-likeness (QED) is 0.406. The van der Waals surface area contributed by atoms with Crippen LogP contribution in [0.2, 0.25) is 0 Å². The van der Waals surface area contributed by atoms with E-state index in [0.717, 1.165) is 33.9 Å². The molecule has 0 saturated carbocycles. The van der Waals surface area contributed by atoms with Gasteiger partial charge in [0.2, 0.25) is 10.1 Å². The molecule has 0 atom stereocenters. The molecule has 1 amide bonds. The average molecular weight is 499 g/mol. The zero-order valence-electron chi connectivity index (χ0n) is 18.5. The van der Waals surface area contributed by atoms with Crippen LogP contribution in [0.5, 0.6) is 0 Å². The maximum atomic E-state index is 13.1. The molecule has 4 aromatic rings. The number of hydrazone groups is 1. The zero-order chi connectivity index (χ0) is 23.9. The van der Waals surface area contributed by atoms with Gasteiger partial charge in [-0.05, 0) is 36.4 Å². The molecule has 1 N–H and O–H groups in total. The molecule has 0 aliphatic carbocycles. The first-order valence-corrected chi connectivity index (χ1v) is 12.6. The van der Waals surface area contributed by atoms with Crippen molar-refractivity contribution in [1.29, 1.82) is 5.41 Å². The molecule has 0 saturated heterocycles. The van der Waals surface area contributed by atoms with Gasteiger partial charge in [0.15, 0.2) is 5.84 Å². The number of amides is 1. The van der Waals surface area contributed by atoms with E-state index in [0.29, 0.717) is 21.6 Å². The smallest absolute Gasteiger partial charge is 0.282 e. The SMILES string of the molecule is CCCc1nn2c(/C=C3/C(=N)N4N=C(c5cccnc5)SC4=NC3=O)c(-c3ccccc3)nc2s1. The van der Waals surface area contributed by atoms with Crippen molar-refractivity contribution in [2.75, 3.05) is 0 Å². The number of fused-ring (bicyclic) bond motifs is 2. The number of imidazole rings is 1. The fourth-order valence-corrected chi connectivity index (χ4v) is 5.67. The van der Waals surface area contributed by atoms with Gasteiger partial charge in [-0.25, -0.2) is 9.50 Å². The third kappa shape index (κ3) is 3.78. The summed E-state index contributed by atoms with van der Waals surface area (Å²) < 4.78 is 1.76. The Bertz CT molecular complexity index is 1570. The number of carbonyl (C=O) groups is 1. The molecule has 5 heterocycles. The van der Waals surface area contributed by atoms with Crippen LogP contribution in [0, 0.1) is 5.41 Å². The van der Waals surface area contributed by atoms with Crippen molar-refractivity contribution < 1.29 is 4.79 Å². The molecule has 11 heteroatoms. The summed E-state index contributed by atoms with van der Waals surface area (Å²) in [5, 5.41) is 21.4. The number of nitrogens with zero attached hydrogens (tertiary/aromatic N) is 7. The lowest BCUT2D eigenvalue weighted by Gasteiger charge is -2.20. The third-order valence-corrected chi connectivity index (χ3v) is 7.36. The molecule has 2 aliphatic heterocycles. The second kappa shape index (κ2) is 8.67. The van der Waals surface area contributed by atoms with Crippen LogP contribution in [-0.4, -0.2) is 46.5 Å². The number of benzene rings is 1. The summed E-state index contributed by atoms with van der Waals surface area (Å²) in [4.78, 5) is 27.0. The molecule has 0 fully saturated rings. The highest BCUT2D eigenvalue weighted by molar-refractivity contribution is 8.27. The number of nitrogens with one attached hydrogen (secondary N) is 1. The summed E-state index contributed by atoms with van der Waals surface area (Å²) in [6.45, 7) is 2.11. The highest BCUT2D eigenvalue weighted by Gasteiger charge is 2.36. The largest absolute Gasteiger partial charge is 0.283 e. The number of hydrogen-bond donors (Lipinski definition) is 1. The Morgan fingerprint density at radius 1 is 1.11 bits per heavy atom. The first kappa shape index (κ1) is 21.6. The predicted molar refractivity (Wildman–Crippen MR) is 139 cm³/mol. The number of carbonyl (C=O) groups excluding carboxylic acids is 1. The van der Waals surface area contributed by atoms with Gasteiger partial charge in [0, 0.05) is 29.9 Å². The molecule has 35 heavy (non-hydrogen) atoms. The van der Waals surface area contributed by atoms with E-state index in [1.54, 1.807) is 23.0 Å². The Hall–Kier alpha value is -3.96. The predicted octanol–water partition coefficient (Wildman–Crippen LogP) is 4.47. The van der Waals surface area contributed by atoms with Crippen LogP contribution in [-0.2, 0) is 11.2 Å². The Balaban J connectivity index is 1.46. The van der Waals surface area contributed by atoms with Crippen LogP contribution < -0.4 is 0 Å². The lowest BCUT2D eigenvalue weighted by molar-refractivity contribution is -0.114. The zero-order valence-corrected chi connectivity index (χ0v) is 20.2. The lowest BCUT2D eigenvalue weighted by atomic mass is 10.1. The Kier molecular flexibility index (Phi) is 5.34. The Labute approximate surface area is 208 Å². The third-order valence-electron chi connectivity index (χ3n) is 5.44. The van der Waals surface area contributed by atoms with Crippen LogP contribution in [0.25, 0.3) is 22.3 Å². The molecule has 0 spiro atoms. The average Bonchev–Trinajstić information content (AvgIpc) is 3.56. The van der Waals surface area contributed by atoms with Crippen LogP contribution >= 0.6 is 23.1 Å². The standard InChI is InChI=1S/C24H18N8OS2/c1-2-7-18-29-31-17(19(27-23(31)34-18)14-8-4-3-5-9-14)12-16-20(25)32-24(28-21(16)33)35-22(30-32)15-10-6-11-26-13-15/h3-6,8-13,25H,2,7H2,1H3/b16-12-,25-20?. The number of aryl methyl sites for hydroxylation is 1. The fourth-order valence-electron chi connectivity index (χ4n) is 3.79. The van der Waals surface area contributed by atoms with Gasteiger partial charge in [-0.3, -0.25) is 15.2 Å². The van der Waals surface area contributed by atoms with Crippen molar-refractivity contribution in [2.24, 2.45) is 10.1 Å². The van der Waals surface area contributed by atoms with E-state index in [1.165, 1.54) is 28.1 Å². The number of amidine groups is 2. The summed E-state index contributed by atoms with van der Waals surface area (Å²) in [5.74, 6) is -0.529. The van der Waals surface area contributed by atoms with E-state index in [4.69, 9.17) is 15.5 Å². The molecule has 0 radical (unpaired) electrons. The van der Waals surface area contributed by atoms with Crippen molar-refractivity contribution in [3.63, 3.8) is 0 Å². The summed E-state index contributed by atoms with van der Waals surface area (Å²) in [6, 6.07) is 13.4. The van der Waals surface area contributed by atoms with Gasteiger partial charge >= 0.3 is 0 Å². The van der Waals surface area contributed by atoms with Gasteiger partial charge in [-0.2, -0.15) is 20.2 Å². The van der Waals surface area contributed by atoms with Crippen molar-refractivity contribution in [1.82, 2.24) is 24.6 Å². The number of pyridine rings is 1. The van der Waals surface area contributed by atoms with Crippen LogP contribution in [0.4, 0.5) is 0 Å². The van der Waals surface area contributed by atoms with Crippen molar-refractivity contribution in [2.45, 2.75) is 19.8 Å². The monoisotopic (exact) mass is 498 g/mol. The van der Waals surface area contributed by atoms with Gasteiger partial charge < -0.3 is 0 Å². The van der Waals surface area contributed by atoms with Crippen molar-refractivity contribution in [3.05, 3.63) is 76.7 Å². The van der Waals surface area contributed by atoms with E-state index in [2.05, 4.69) is 22.0 Å². The van der Waals surface area contributed by atoms with E-state index in [9.17, 15) is 4.79 Å². The number of aliphatic imine (C=N–C) groups is 1. The molecular weight excluding hydrogens is 480 g/mol. The normalized spacial score (nSPS) is 16.7. The summed E-state index contributed by atoms with van der Waals surface area (Å²) in [5.41, 5.74) is 3.18. The first-order valence-electron chi connectivity index (χ1n) is 11.0. The van der Waals surface area contributed by atoms with Gasteiger partial charge in [-0.1, -0.05) is 48.6 Å². The van der Waals surface area contributed by atoms with Crippen LogP contribution in [0.3, 0.4) is 0 Å². The highest BCUT2D eigenvalue weighted by atomic mass is 32.2. The van der Waals surface area contributed by atoms with Crippen LogP contribution in [0.15, 0.2) is 70.5 Å². The van der Waals surface area contributed by atoms with E-state index in [1.807, 2.05) is 42.5 Å². The molecule has 3 aromatic heterocycles. The second-order valence-electron chi connectivity index (χ2n) is 7.82. The minimum Gasteiger partial charge on any atom is -0.282 e. The van der Waals surface area contributed by atoms with Crippen molar-refractivity contribution in [3.8, 4) is 11.3 Å². The van der Waals surface area contributed by atoms with Gasteiger partial charge in [-0.15, -0.1) is 0 Å².